The van der Waals surface area contributed by atoms with Crippen LogP contribution in [0.3, 0.4) is 0 Å². The number of rotatable bonds is 8. The van der Waals surface area contributed by atoms with Gasteiger partial charge in [0.15, 0.2) is 6.10 Å². The maximum absolute atomic E-state index is 12.7. The Morgan fingerprint density at radius 3 is 2.30 bits per heavy atom. The van der Waals surface area contributed by atoms with E-state index < -0.39 is 12.1 Å². The van der Waals surface area contributed by atoms with Crippen LogP contribution in [-0.2, 0) is 9.53 Å². The Morgan fingerprint density at radius 2 is 1.70 bits per heavy atom. The molecule has 2 aromatic rings. The summed E-state index contributed by atoms with van der Waals surface area (Å²) in [5.74, 6) is 0.603. The van der Waals surface area contributed by atoms with Gasteiger partial charge >= 0.3 is 5.97 Å². The Morgan fingerprint density at radius 1 is 1.04 bits per heavy atom. The molecule has 0 aromatic heterocycles. The minimum absolute atomic E-state index is 0.280. The first-order valence-corrected chi connectivity index (χ1v) is 8.88. The van der Waals surface area contributed by atoms with Gasteiger partial charge in [-0.25, -0.2) is 4.79 Å². The van der Waals surface area contributed by atoms with E-state index in [9.17, 15) is 9.59 Å². The Balaban J connectivity index is 2.11. The second kappa shape index (κ2) is 9.62. The second-order valence-electron chi connectivity index (χ2n) is 5.88. The molecule has 1 amide bonds. The summed E-state index contributed by atoms with van der Waals surface area (Å²) in [6.07, 6.45) is -0.168. The van der Waals surface area contributed by atoms with E-state index in [-0.39, 0.29) is 5.91 Å². The van der Waals surface area contributed by atoms with E-state index in [1.807, 2.05) is 6.92 Å². The lowest BCUT2D eigenvalue weighted by atomic mass is 10.1. The lowest BCUT2D eigenvalue weighted by Gasteiger charge is -2.19. The van der Waals surface area contributed by atoms with E-state index in [1.165, 1.54) is 0 Å². The molecule has 0 aliphatic carbocycles. The van der Waals surface area contributed by atoms with Crippen LogP contribution >= 0.6 is 0 Å². The van der Waals surface area contributed by atoms with E-state index in [0.29, 0.717) is 41.3 Å². The van der Waals surface area contributed by atoms with Crippen molar-refractivity contribution < 1.29 is 23.8 Å². The van der Waals surface area contributed by atoms with Crippen molar-refractivity contribution in [1.82, 2.24) is 0 Å². The fourth-order valence-corrected chi connectivity index (χ4v) is 2.56. The molecule has 0 saturated heterocycles. The Kier molecular flexibility index (Phi) is 7.23. The first-order valence-electron chi connectivity index (χ1n) is 8.88. The van der Waals surface area contributed by atoms with Crippen molar-refractivity contribution >= 4 is 17.6 Å². The molecule has 0 aliphatic rings. The zero-order chi connectivity index (χ0) is 19.8. The van der Waals surface area contributed by atoms with Crippen LogP contribution in [0.1, 0.15) is 36.2 Å². The minimum atomic E-state index is -0.663. The molecule has 0 aliphatic heterocycles. The van der Waals surface area contributed by atoms with Crippen LogP contribution in [0.2, 0.25) is 0 Å². The number of amides is 1. The summed E-state index contributed by atoms with van der Waals surface area (Å²) >= 11 is 0. The molecule has 2 rings (SSSR count). The van der Waals surface area contributed by atoms with Crippen molar-refractivity contribution in [2.24, 2.45) is 0 Å². The van der Waals surface area contributed by atoms with Crippen molar-refractivity contribution in [3.05, 3.63) is 53.6 Å². The molecule has 0 radical (unpaired) electrons. The predicted molar refractivity (Wildman–Crippen MR) is 103 cm³/mol. The number of nitrogens with one attached hydrogen (secondary N) is 1. The van der Waals surface area contributed by atoms with Crippen LogP contribution in [-0.4, -0.2) is 31.7 Å². The molecule has 0 heterocycles. The molecule has 0 spiro atoms. The Hall–Kier alpha value is -3.02. The van der Waals surface area contributed by atoms with Crippen LogP contribution in [0.4, 0.5) is 5.69 Å². The molecule has 0 bridgehead atoms. The largest absolute Gasteiger partial charge is 0.497 e. The Labute approximate surface area is 159 Å². The molecule has 0 unspecified atom stereocenters. The summed E-state index contributed by atoms with van der Waals surface area (Å²) < 4.78 is 16.0. The number of methoxy groups -OCH3 is 1. The van der Waals surface area contributed by atoms with Gasteiger partial charge in [0.1, 0.15) is 11.5 Å². The monoisotopic (exact) mass is 371 g/mol. The quantitative estimate of drug-likeness (QED) is 0.711. The first-order chi connectivity index (χ1) is 13.0. The molecule has 0 saturated carbocycles. The summed E-state index contributed by atoms with van der Waals surface area (Å²) in [6.45, 7) is 5.69. The topological polar surface area (TPSA) is 73.9 Å². The SMILES string of the molecule is CCOC(=O)c1cccc(NC(=O)[C@H](CC)Oc2ccc(OC)cc2)c1C. The van der Waals surface area contributed by atoms with Crippen molar-refractivity contribution in [2.45, 2.75) is 33.3 Å². The molecular formula is C21H25NO5. The van der Waals surface area contributed by atoms with Crippen LogP contribution in [0, 0.1) is 6.92 Å². The van der Waals surface area contributed by atoms with Crippen LogP contribution in [0.25, 0.3) is 0 Å². The van der Waals surface area contributed by atoms with Gasteiger partial charge in [0.25, 0.3) is 5.91 Å². The van der Waals surface area contributed by atoms with E-state index in [1.54, 1.807) is 63.4 Å². The lowest BCUT2D eigenvalue weighted by molar-refractivity contribution is -0.122. The van der Waals surface area contributed by atoms with Crippen LogP contribution in [0.15, 0.2) is 42.5 Å². The van der Waals surface area contributed by atoms with Gasteiger partial charge in [-0.2, -0.15) is 0 Å². The number of carbonyl (C=O) groups excluding carboxylic acids is 2. The maximum atomic E-state index is 12.7. The van der Waals surface area contributed by atoms with E-state index in [0.717, 1.165) is 0 Å². The molecule has 144 valence electrons. The number of anilines is 1. The molecule has 1 atom stereocenters. The smallest absolute Gasteiger partial charge is 0.338 e. The van der Waals surface area contributed by atoms with Gasteiger partial charge in [-0.3, -0.25) is 4.79 Å². The summed E-state index contributed by atoms with van der Waals surface area (Å²) in [5, 5.41) is 2.84. The molecule has 6 heteroatoms. The third-order valence-electron chi connectivity index (χ3n) is 4.09. The molecule has 0 fully saturated rings. The molecule has 2 aromatic carbocycles. The minimum Gasteiger partial charge on any atom is -0.497 e. The standard InChI is InChI=1S/C21H25NO5/c1-5-19(27-16-12-10-15(25-4)11-13-16)20(23)22-18-9-7-8-17(14(18)3)21(24)26-6-2/h7-13,19H,5-6H2,1-4H3,(H,22,23)/t19-/m0/s1. The van der Waals surface area contributed by atoms with Crippen LogP contribution < -0.4 is 14.8 Å². The third kappa shape index (κ3) is 5.23. The third-order valence-corrected chi connectivity index (χ3v) is 4.09. The van der Waals surface area contributed by atoms with Crippen molar-refractivity contribution in [3.63, 3.8) is 0 Å². The average Bonchev–Trinajstić information content (AvgIpc) is 2.68. The summed E-state index contributed by atoms with van der Waals surface area (Å²) in [4.78, 5) is 24.7. The number of ether oxygens (including phenoxy) is 3. The highest BCUT2D eigenvalue weighted by Gasteiger charge is 2.21. The average molecular weight is 371 g/mol. The lowest BCUT2D eigenvalue weighted by Crippen LogP contribution is -2.32. The van der Waals surface area contributed by atoms with Crippen molar-refractivity contribution in [2.75, 3.05) is 19.0 Å². The number of carbonyl (C=O) groups is 2. The van der Waals surface area contributed by atoms with Gasteiger partial charge in [0, 0.05) is 5.69 Å². The molecular weight excluding hydrogens is 346 g/mol. The number of benzene rings is 2. The first kappa shape index (κ1) is 20.3. The predicted octanol–water partition coefficient (Wildman–Crippen LogP) is 3.98. The van der Waals surface area contributed by atoms with Gasteiger partial charge in [-0.05, 0) is 62.2 Å². The van der Waals surface area contributed by atoms with Gasteiger partial charge in [-0.1, -0.05) is 13.0 Å². The fraction of sp³-hybridized carbons (Fsp3) is 0.333. The number of hydrogen-bond acceptors (Lipinski definition) is 5. The zero-order valence-electron chi connectivity index (χ0n) is 16.1. The summed E-state index contributed by atoms with van der Waals surface area (Å²) in [6, 6.07) is 12.2. The molecule has 27 heavy (non-hydrogen) atoms. The summed E-state index contributed by atoms with van der Waals surface area (Å²) in [5.41, 5.74) is 1.64. The highest BCUT2D eigenvalue weighted by atomic mass is 16.5. The molecule has 1 N–H and O–H groups in total. The van der Waals surface area contributed by atoms with Gasteiger partial charge in [0.05, 0.1) is 19.3 Å². The summed E-state index contributed by atoms with van der Waals surface area (Å²) in [7, 11) is 1.59. The normalized spacial score (nSPS) is 11.4. The van der Waals surface area contributed by atoms with E-state index >= 15 is 0 Å². The number of hydrogen-bond donors (Lipinski definition) is 1. The highest BCUT2D eigenvalue weighted by molar-refractivity contribution is 5.98. The van der Waals surface area contributed by atoms with Crippen LogP contribution in [0.5, 0.6) is 11.5 Å². The van der Waals surface area contributed by atoms with Gasteiger partial charge in [0.2, 0.25) is 0 Å². The van der Waals surface area contributed by atoms with Crippen molar-refractivity contribution in [1.29, 1.82) is 0 Å². The maximum Gasteiger partial charge on any atom is 0.338 e. The van der Waals surface area contributed by atoms with E-state index in [4.69, 9.17) is 14.2 Å². The fourth-order valence-electron chi connectivity index (χ4n) is 2.56. The second-order valence-corrected chi connectivity index (χ2v) is 5.88. The Bertz CT molecular complexity index is 786. The number of esters is 1. The van der Waals surface area contributed by atoms with Crippen molar-refractivity contribution in [3.8, 4) is 11.5 Å². The zero-order valence-corrected chi connectivity index (χ0v) is 16.1. The van der Waals surface area contributed by atoms with Gasteiger partial charge < -0.3 is 19.5 Å². The van der Waals surface area contributed by atoms with Gasteiger partial charge in [-0.15, -0.1) is 0 Å². The highest BCUT2D eigenvalue weighted by Crippen LogP contribution is 2.22. The molecule has 6 nitrogen and oxygen atoms in total. The van der Waals surface area contributed by atoms with E-state index in [2.05, 4.69) is 5.32 Å².